The van der Waals surface area contributed by atoms with Gasteiger partial charge >= 0.3 is 0 Å². The first-order valence-electron chi connectivity index (χ1n) is 7.49. The van der Waals surface area contributed by atoms with Gasteiger partial charge < -0.3 is 5.11 Å². The Balaban J connectivity index is 0. The van der Waals surface area contributed by atoms with Gasteiger partial charge in [-0.05, 0) is 19.3 Å². The average molecular weight is 256 g/mol. The summed E-state index contributed by atoms with van der Waals surface area (Å²) in [6.45, 7) is 5.61. The van der Waals surface area contributed by atoms with E-state index in [2.05, 4.69) is 26.0 Å². The minimum absolute atomic E-state index is 0.833. The Hall–Kier alpha value is -0.790. The van der Waals surface area contributed by atoms with E-state index in [4.69, 9.17) is 9.90 Å². The van der Waals surface area contributed by atoms with Gasteiger partial charge in [0.1, 0.15) is 0 Å². The van der Waals surface area contributed by atoms with Gasteiger partial charge in [-0.15, -0.1) is 0 Å². The molecule has 0 aromatic heterocycles. The lowest BCUT2D eigenvalue weighted by atomic mass is 10.1. The maximum atomic E-state index is 9.00. The molecule has 18 heavy (non-hydrogen) atoms. The third-order valence-electron chi connectivity index (χ3n) is 2.62. The Bertz CT molecular complexity index is 182. The SMILES string of the molecule is CC(=O)O.CCCC/C=C\CCCCCCCC. The lowest BCUT2D eigenvalue weighted by Crippen LogP contribution is -1.78. The van der Waals surface area contributed by atoms with Crippen LogP contribution in [-0.2, 0) is 4.79 Å². The Labute approximate surface area is 113 Å². The second kappa shape index (κ2) is 18.6. The molecule has 0 rings (SSSR count). The highest BCUT2D eigenvalue weighted by molar-refractivity contribution is 5.62. The van der Waals surface area contributed by atoms with Crippen molar-refractivity contribution in [2.24, 2.45) is 0 Å². The first-order chi connectivity index (χ1) is 8.65. The van der Waals surface area contributed by atoms with Gasteiger partial charge in [-0.25, -0.2) is 0 Å². The highest BCUT2D eigenvalue weighted by Crippen LogP contribution is 2.07. The van der Waals surface area contributed by atoms with Crippen LogP contribution in [0.4, 0.5) is 0 Å². The maximum Gasteiger partial charge on any atom is 0.300 e. The summed E-state index contributed by atoms with van der Waals surface area (Å²) in [6.07, 6.45) is 18.5. The first kappa shape index (κ1) is 19.5. The molecule has 0 heterocycles. The fourth-order valence-electron chi connectivity index (χ4n) is 1.60. The number of aliphatic carboxylic acids is 1. The van der Waals surface area contributed by atoms with Crippen LogP contribution in [0.15, 0.2) is 12.2 Å². The molecule has 0 unspecified atom stereocenters. The van der Waals surface area contributed by atoms with Gasteiger partial charge in [0, 0.05) is 6.92 Å². The molecule has 0 atom stereocenters. The van der Waals surface area contributed by atoms with E-state index in [1.54, 1.807) is 0 Å². The predicted molar refractivity (Wildman–Crippen MR) is 80.0 cm³/mol. The van der Waals surface area contributed by atoms with E-state index in [0.29, 0.717) is 0 Å². The molecule has 0 radical (unpaired) electrons. The van der Waals surface area contributed by atoms with E-state index in [-0.39, 0.29) is 0 Å². The van der Waals surface area contributed by atoms with Crippen molar-refractivity contribution in [1.82, 2.24) is 0 Å². The third kappa shape index (κ3) is 29.5. The summed E-state index contributed by atoms with van der Waals surface area (Å²) in [5, 5.41) is 7.42. The molecule has 0 aliphatic rings. The average Bonchev–Trinajstić information content (AvgIpc) is 2.31. The summed E-state index contributed by atoms with van der Waals surface area (Å²) in [7, 11) is 0. The molecule has 0 aliphatic carbocycles. The number of allylic oxidation sites excluding steroid dienone is 2. The zero-order chi connectivity index (χ0) is 14.1. The topological polar surface area (TPSA) is 37.3 Å². The number of hydrogen-bond donors (Lipinski definition) is 1. The van der Waals surface area contributed by atoms with Crippen molar-refractivity contribution in [2.45, 2.75) is 85.0 Å². The summed E-state index contributed by atoms with van der Waals surface area (Å²) in [4.78, 5) is 9.00. The first-order valence-corrected chi connectivity index (χ1v) is 7.49. The highest BCUT2D eigenvalue weighted by Gasteiger charge is 1.87. The van der Waals surface area contributed by atoms with Crippen molar-refractivity contribution >= 4 is 5.97 Å². The molecule has 0 aromatic rings. The van der Waals surface area contributed by atoms with Crippen LogP contribution in [0.3, 0.4) is 0 Å². The largest absolute Gasteiger partial charge is 0.481 e. The number of carboxylic acids is 1. The van der Waals surface area contributed by atoms with E-state index >= 15 is 0 Å². The molecule has 108 valence electrons. The molecule has 0 aliphatic heterocycles. The Morgan fingerprint density at radius 2 is 1.22 bits per heavy atom. The molecule has 0 saturated carbocycles. The fraction of sp³-hybridized carbons (Fsp3) is 0.812. The second-order valence-electron chi connectivity index (χ2n) is 4.69. The number of carboxylic acid groups (broad SMARTS) is 1. The Morgan fingerprint density at radius 3 is 1.72 bits per heavy atom. The molecule has 0 spiro atoms. The fourth-order valence-corrected chi connectivity index (χ4v) is 1.60. The molecular weight excluding hydrogens is 224 g/mol. The van der Waals surface area contributed by atoms with Crippen molar-refractivity contribution in [3.05, 3.63) is 12.2 Å². The van der Waals surface area contributed by atoms with E-state index in [0.717, 1.165) is 6.92 Å². The third-order valence-corrected chi connectivity index (χ3v) is 2.62. The van der Waals surface area contributed by atoms with Gasteiger partial charge in [-0.3, -0.25) is 4.79 Å². The van der Waals surface area contributed by atoms with E-state index in [1.165, 1.54) is 64.2 Å². The maximum absolute atomic E-state index is 9.00. The van der Waals surface area contributed by atoms with Crippen LogP contribution >= 0.6 is 0 Å². The van der Waals surface area contributed by atoms with Crippen LogP contribution < -0.4 is 0 Å². The van der Waals surface area contributed by atoms with Crippen LogP contribution in [-0.4, -0.2) is 11.1 Å². The normalized spacial score (nSPS) is 10.2. The predicted octanol–water partition coefficient (Wildman–Crippen LogP) is 5.57. The smallest absolute Gasteiger partial charge is 0.300 e. The Morgan fingerprint density at radius 1 is 0.833 bits per heavy atom. The lowest BCUT2D eigenvalue weighted by molar-refractivity contribution is -0.134. The molecule has 0 saturated heterocycles. The quantitative estimate of drug-likeness (QED) is 0.409. The van der Waals surface area contributed by atoms with Crippen molar-refractivity contribution in [1.29, 1.82) is 0 Å². The summed E-state index contributed by atoms with van der Waals surface area (Å²) >= 11 is 0. The minimum Gasteiger partial charge on any atom is -0.481 e. The van der Waals surface area contributed by atoms with E-state index in [9.17, 15) is 0 Å². The molecule has 0 aromatic carbocycles. The summed E-state index contributed by atoms with van der Waals surface area (Å²) in [5.74, 6) is -0.833. The lowest BCUT2D eigenvalue weighted by Gasteiger charge is -1.97. The van der Waals surface area contributed by atoms with Gasteiger partial charge in [0.25, 0.3) is 5.97 Å². The molecule has 2 heteroatoms. The standard InChI is InChI=1S/C14H28.C2H4O2/c1-3-5-7-9-11-13-14-12-10-8-6-4-2;1-2(3)4/h9,11H,3-8,10,12-14H2,1-2H3;1H3,(H,3,4)/b11-9-;. The van der Waals surface area contributed by atoms with Crippen LogP contribution in [0.25, 0.3) is 0 Å². The van der Waals surface area contributed by atoms with Gasteiger partial charge in [-0.2, -0.15) is 0 Å². The van der Waals surface area contributed by atoms with Crippen molar-refractivity contribution in [3.8, 4) is 0 Å². The van der Waals surface area contributed by atoms with Gasteiger partial charge in [0.2, 0.25) is 0 Å². The number of carbonyl (C=O) groups is 1. The minimum atomic E-state index is -0.833. The number of unbranched alkanes of at least 4 members (excludes halogenated alkanes) is 8. The van der Waals surface area contributed by atoms with Gasteiger partial charge in [-0.1, -0.05) is 70.9 Å². The van der Waals surface area contributed by atoms with Gasteiger partial charge in [0.05, 0.1) is 0 Å². The summed E-state index contributed by atoms with van der Waals surface area (Å²) < 4.78 is 0. The second-order valence-corrected chi connectivity index (χ2v) is 4.69. The van der Waals surface area contributed by atoms with E-state index in [1.807, 2.05) is 0 Å². The molecule has 0 fully saturated rings. The number of hydrogen-bond acceptors (Lipinski definition) is 1. The summed E-state index contributed by atoms with van der Waals surface area (Å²) in [6, 6.07) is 0. The van der Waals surface area contributed by atoms with Crippen molar-refractivity contribution < 1.29 is 9.90 Å². The molecule has 2 nitrogen and oxygen atoms in total. The monoisotopic (exact) mass is 256 g/mol. The van der Waals surface area contributed by atoms with Crippen LogP contribution in [0.2, 0.25) is 0 Å². The zero-order valence-electron chi connectivity index (χ0n) is 12.6. The van der Waals surface area contributed by atoms with Crippen LogP contribution in [0.5, 0.6) is 0 Å². The molecule has 1 N–H and O–H groups in total. The zero-order valence-corrected chi connectivity index (χ0v) is 12.6. The number of rotatable bonds is 10. The van der Waals surface area contributed by atoms with Gasteiger partial charge in [0.15, 0.2) is 0 Å². The highest BCUT2D eigenvalue weighted by atomic mass is 16.4. The summed E-state index contributed by atoms with van der Waals surface area (Å²) in [5.41, 5.74) is 0. The Kier molecular flexibility index (Phi) is 20.2. The van der Waals surface area contributed by atoms with Crippen LogP contribution in [0.1, 0.15) is 85.0 Å². The van der Waals surface area contributed by atoms with Crippen LogP contribution in [0, 0.1) is 0 Å². The molecular formula is C16H32O2. The molecule has 0 amide bonds. The van der Waals surface area contributed by atoms with Crippen molar-refractivity contribution in [2.75, 3.05) is 0 Å². The van der Waals surface area contributed by atoms with E-state index < -0.39 is 5.97 Å². The van der Waals surface area contributed by atoms with Crippen molar-refractivity contribution in [3.63, 3.8) is 0 Å². The molecule has 0 bridgehead atoms.